The van der Waals surface area contributed by atoms with Crippen molar-refractivity contribution in [2.24, 2.45) is 0 Å². The van der Waals surface area contributed by atoms with E-state index in [0.717, 1.165) is 22.4 Å². The highest BCUT2D eigenvalue weighted by atomic mass is 35.5. The number of ether oxygens (including phenoxy) is 1. The van der Waals surface area contributed by atoms with Gasteiger partial charge in [-0.1, -0.05) is 11.6 Å². The molecule has 0 radical (unpaired) electrons. The molecular formula is C19H12ClF5N2O3S. The number of thioether (sulfide) groups is 1. The molecule has 1 atom stereocenters. The summed E-state index contributed by atoms with van der Waals surface area (Å²) in [6.45, 7) is -0.0416. The first-order valence-corrected chi connectivity index (χ1v) is 10.1. The van der Waals surface area contributed by atoms with Gasteiger partial charge in [0, 0.05) is 35.0 Å². The van der Waals surface area contributed by atoms with Crippen LogP contribution in [-0.2, 0) is 17.5 Å². The van der Waals surface area contributed by atoms with Gasteiger partial charge in [0.05, 0.1) is 34.1 Å². The summed E-state index contributed by atoms with van der Waals surface area (Å²) >= 11 is 6.61. The Hall–Kier alpha value is -2.37. The van der Waals surface area contributed by atoms with Gasteiger partial charge < -0.3 is 4.74 Å². The molecule has 0 aliphatic carbocycles. The zero-order chi connectivity index (χ0) is 22.7. The summed E-state index contributed by atoms with van der Waals surface area (Å²) in [6, 6.07) is 1.71. The Labute approximate surface area is 179 Å². The standard InChI is InChI=1S/C19H12ClF5N2O3S/c1-30-7-5-27-15-9(17(28)26-18(27)29)2-10(19(23,24)25)14(16(15)31-6-7)8-3-11(20)13(22)4-12(8)21/h2-4,7H,5-6H2,1H3,(H,26,28,29). The van der Waals surface area contributed by atoms with Gasteiger partial charge in [-0.15, -0.1) is 11.8 Å². The Kier molecular flexibility index (Phi) is 5.39. The van der Waals surface area contributed by atoms with Crippen molar-refractivity contribution in [3.8, 4) is 11.1 Å². The third kappa shape index (κ3) is 3.64. The molecule has 0 amide bonds. The minimum atomic E-state index is -4.99. The number of alkyl halides is 3. The van der Waals surface area contributed by atoms with E-state index in [1.807, 2.05) is 4.98 Å². The molecule has 0 saturated heterocycles. The van der Waals surface area contributed by atoms with Crippen LogP contribution in [0.25, 0.3) is 22.0 Å². The van der Waals surface area contributed by atoms with Crippen molar-refractivity contribution < 1.29 is 26.7 Å². The second kappa shape index (κ2) is 7.64. The van der Waals surface area contributed by atoms with E-state index in [1.165, 1.54) is 7.11 Å². The van der Waals surface area contributed by atoms with Crippen LogP contribution in [0.4, 0.5) is 22.0 Å². The zero-order valence-electron chi connectivity index (χ0n) is 15.6. The minimum Gasteiger partial charge on any atom is -0.379 e. The molecule has 0 saturated carbocycles. The van der Waals surface area contributed by atoms with Crippen LogP contribution in [0.2, 0.25) is 5.02 Å². The number of nitrogens with one attached hydrogen (secondary N) is 1. The lowest BCUT2D eigenvalue weighted by Gasteiger charge is -2.20. The van der Waals surface area contributed by atoms with Gasteiger partial charge in [-0.2, -0.15) is 13.2 Å². The average Bonchev–Trinajstić information content (AvgIpc) is 2.88. The predicted octanol–water partition coefficient (Wildman–Crippen LogP) is 4.43. The number of benzene rings is 2. The van der Waals surface area contributed by atoms with Crippen LogP contribution < -0.4 is 11.2 Å². The molecule has 31 heavy (non-hydrogen) atoms. The van der Waals surface area contributed by atoms with Gasteiger partial charge >= 0.3 is 11.9 Å². The van der Waals surface area contributed by atoms with Crippen molar-refractivity contribution in [1.29, 1.82) is 0 Å². The average molecular weight is 479 g/mol. The summed E-state index contributed by atoms with van der Waals surface area (Å²) in [6.07, 6.45) is -5.57. The summed E-state index contributed by atoms with van der Waals surface area (Å²) in [7, 11) is 1.37. The van der Waals surface area contributed by atoms with E-state index in [-0.39, 0.29) is 28.1 Å². The van der Waals surface area contributed by atoms with Crippen LogP contribution >= 0.6 is 23.4 Å². The summed E-state index contributed by atoms with van der Waals surface area (Å²) in [5.41, 5.74) is -4.47. The van der Waals surface area contributed by atoms with Crippen LogP contribution in [-0.4, -0.2) is 28.5 Å². The molecule has 2 aromatic carbocycles. The molecule has 12 heteroatoms. The Balaban J connectivity index is 2.24. The lowest BCUT2D eigenvalue weighted by Crippen LogP contribution is -2.34. The van der Waals surface area contributed by atoms with Gasteiger partial charge in [0.25, 0.3) is 5.56 Å². The molecule has 0 spiro atoms. The van der Waals surface area contributed by atoms with Crippen molar-refractivity contribution in [2.45, 2.75) is 23.7 Å². The number of halogens is 6. The number of hydrogen-bond donors (Lipinski definition) is 1. The van der Waals surface area contributed by atoms with Crippen LogP contribution in [0.3, 0.4) is 0 Å². The van der Waals surface area contributed by atoms with E-state index >= 15 is 0 Å². The van der Waals surface area contributed by atoms with Gasteiger partial charge in [0.15, 0.2) is 0 Å². The fourth-order valence-electron chi connectivity index (χ4n) is 3.52. The minimum absolute atomic E-state index is 0.0416. The highest BCUT2D eigenvalue weighted by Crippen LogP contribution is 2.47. The largest absolute Gasteiger partial charge is 0.417 e. The third-order valence-corrected chi connectivity index (χ3v) is 6.47. The number of nitrogens with zero attached hydrogens (tertiary/aromatic N) is 1. The maximum Gasteiger partial charge on any atom is 0.417 e. The van der Waals surface area contributed by atoms with Crippen molar-refractivity contribution in [3.63, 3.8) is 0 Å². The Morgan fingerprint density at radius 3 is 2.55 bits per heavy atom. The molecule has 1 unspecified atom stereocenters. The van der Waals surface area contributed by atoms with E-state index < -0.39 is 56.9 Å². The van der Waals surface area contributed by atoms with E-state index in [9.17, 15) is 31.5 Å². The Morgan fingerprint density at radius 2 is 1.90 bits per heavy atom. The first kappa shape index (κ1) is 21.8. The molecule has 0 fully saturated rings. The zero-order valence-corrected chi connectivity index (χ0v) is 17.1. The van der Waals surface area contributed by atoms with Crippen molar-refractivity contribution in [3.05, 3.63) is 61.3 Å². The van der Waals surface area contributed by atoms with Gasteiger partial charge in [-0.05, 0) is 12.1 Å². The summed E-state index contributed by atoms with van der Waals surface area (Å²) in [5, 5.41) is -0.961. The topological polar surface area (TPSA) is 64.1 Å². The SMILES string of the molecule is COC1CSc2c(-c3cc(Cl)c(F)cc3F)c(C(F)(F)F)cc3c(=O)[nH]c(=O)n(c23)C1. The monoisotopic (exact) mass is 478 g/mol. The van der Waals surface area contributed by atoms with Crippen LogP contribution in [0.5, 0.6) is 0 Å². The van der Waals surface area contributed by atoms with E-state index in [1.54, 1.807) is 0 Å². The number of H-pyrrole nitrogens is 1. The fourth-order valence-corrected chi connectivity index (χ4v) is 5.00. The molecular weight excluding hydrogens is 467 g/mol. The second-order valence-electron chi connectivity index (χ2n) is 6.81. The highest BCUT2D eigenvalue weighted by Gasteiger charge is 2.38. The van der Waals surface area contributed by atoms with Crippen LogP contribution in [0.15, 0.2) is 32.7 Å². The van der Waals surface area contributed by atoms with Crippen molar-refractivity contribution in [1.82, 2.24) is 9.55 Å². The quantitative estimate of drug-likeness (QED) is 0.437. The first-order valence-electron chi connectivity index (χ1n) is 8.74. The van der Waals surface area contributed by atoms with E-state index in [2.05, 4.69) is 0 Å². The number of rotatable bonds is 2. The summed E-state index contributed by atoms with van der Waals surface area (Å²) < 4.78 is 76.8. The fraction of sp³-hybridized carbons (Fsp3) is 0.263. The smallest absolute Gasteiger partial charge is 0.379 e. The van der Waals surface area contributed by atoms with Crippen molar-refractivity contribution >= 4 is 34.3 Å². The van der Waals surface area contributed by atoms with E-state index in [0.29, 0.717) is 12.1 Å². The summed E-state index contributed by atoms with van der Waals surface area (Å²) in [5.74, 6) is -2.29. The van der Waals surface area contributed by atoms with Crippen LogP contribution in [0.1, 0.15) is 5.56 Å². The molecule has 2 heterocycles. The molecule has 0 bridgehead atoms. The molecule has 1 N–H and O–H groups in total. The number of methoxy groups -OCH3 is 1. The predicted molar refractivity (Wildman–Crippen MR) is 106 cm³/mol. The molecule has 1 aliphatic rings. The maximum atomic E-state index is 14.7. The summed E-state index contributed by atoms with van der Waals surface area (Å²) in [4.78, 5) is 26.7. The van der Waals surface area contributed by atoms with Gasteiger partial charge in [0.2, 0.25) is 0 Å². The molecule has 164 valence electrons. The van der Waals surface area contributed by atoms with Crippen LogP contribution in [0, 0.1) is 11.6 Å². The lowest BCUT2D eigenvalue weighted by atomic mass is 9.96. The number of aromatic nitrogens is 2. The molecule has 1 aliphatic heterocycles. The normalized spacial score (nSPS) is 16.5. The molecule has 4 rings (SSSR count). The highest BCUT2D eigenvalue weighted by molar-refractivity contribution is 7.99. The van der Waals surface area contributed by atoms with E-state index in [4.69, 9.17) is 16.3 Å². The Morgan fingerprint density at radius 1 is 1.19 bits per heavy atom. The second-order valence-corrected chi connectivity index (χ2v) is 8.24. The maximum absolute atomic E-state index is 14.7. The third-order valence-electron chi connectivity index (χ3n) is 4.95. The van der Waals surface area contributed by atoms with Gasteiger partial charge in [0.1, 0.15) is 11.6 Å². The Bertz CT molecular complexity index is 1340. The van der Waals surface area contributed by atoms with Gasteiger partial charge in [-0.25, -0.2) is 13.6 Å². The lowest BCUT2D eigenvalue weighted by molar-refractivity contribution is -0.137. The molecule has 3 aromatic rings. The van der Waals surface area contributed by atoms with Gasteiger partial charge in [-0.3, -0.25) is 14.3 Å². The molecule has 1 aromatic heterocycles. The number of aromatic amines is 1. The first-order chi connectivity index (χ1) is 14.5. The number of hydrogen-bond acceptors (Lipinski definition) is 4. The van der Waals surface area contributed by atoms with Crippen molar-refractivity contribution in [2.75, 3.05) is 12.9 Å². The molecule has 5 nitrogen and oxygen atoms in total.